The maximum atomic E-state index is 11.3. The van der Waals surface area contributed by atoms with E-state index in [0.717, 1.165) is 25.3 Å². The molecule has 0 aliphatic carbocycles. The Balaban J connectivity index is 2.41. The van der Waals surface area contributed by atoms with Gasteiger partial charge < -0.3 is 4.90 Å². The highest BCUT2D eigenvalue weighted by Crippen LogP contribution is 2.35. The van der Waals surface area contributed by atoms with E-state index in [-0.39, 0.29) is 16.4 Å². The first-order valence-corrected chi connectivity index (χ1v) is 7.71. The van der Waals surface area contributed by atoms with Crippen molar-refractivity contribution in [2.75, 3.05) is 29.2 Å². The van der Waals surface area contributed by atoms with Gasteiger partial charge in [0.25, 0.3) is 0 Å². The second kappa shape index (κ2) is 6.02. The third-order valence-electron chi connectivity index (χ3n) is 3.49. The topological polar surface area (TPSA) is 110 Å². The molecule has 1 fully saturated rings. The van der Waals surface area contributed by atoms with Crippen molar-refractivity contribution in [3.63, 3.8) is 0 Å². The third kappa shape index (κ3) is 3.53. The summed E-state index contributed by atoms with van der Waals surface area (Å²) >= 11 is 1.87. The van der Waals surface area contributed by atoms with Crippen LogP contribution in [-0.4, -0.2) is 38.5 Å². The quantitative estimate of drug-likeness (QED) is 0.493. The Bertz CT molecular complexity index is 551. The van der Waals surface area contributed by atoms with Crippen LogP contribution >= 0.6 is 11.8 Å². The number of aryl methyl sites for hydroxylation is 1. The molecule has 1 aliphatic heterocycles. The van der Waals surface area contributed by atoms with Crippen LogP contribution in [0.15, 0.2) is 0 Å². The minimum atomic E-state index is -0.422. The molecule has 116 valence electrons. The SMILES string of the molecule is Cc1nc(NN)nc(N2CCSC(C)(C)CC2)c1[N+](=O)[O-]. The normalized spacial score (nSPS) is 18.2. The fourth-order valence-electron chi connectivity index (χ4n) is 2.28. The molecule has 9 heteroatoms. The van der Waals surface area contributed by atoms with Crippen LogP contribution in [0.25, 0.3) is 0 Å². The van der Waals surface area contributed by atoms with E-state index in [0.29, 0.717) is 11.5 Å². The van der Waals surface area contributed by atoms with E-state index in [2.05, 4.69) is 29.2 Å². The van der Waals surface area contributed by atoms with E-state index in [9.17, 15) is 10.1 Å². The van der Waals surface area contributed by atoms with Gasteiger partial charge >= 0.3 is 5.69 Å². The average molecular weight is 312 g/mol. The van der Waals surface area contributed by atoms with Crippen LogP contribution in [0, 0.1) is 17.0 Å². The highest BCUT2D eigenvalue weighted by Gasteiger charge is 2.30. The first-order chi connectivity index (χ1) is 9.84. The summed E-state index contributed by atoms with van der Waals surface area (Å²) in [6, 6.07) is 0. The number of nitro groups is 1. The number of nitrogens with one attached hydrogen (secondary N) is 1. The summed E-state index contributed by atoms with van der Waals surface area (Å²) in [6.07, 6.45) is 0.934. The Morgan fingerprint density at radius 2 is 2.14 bits per heavy atom. The Morgan fingerprint density at radius 3 is 2.76 bits per heavy atom. The van der Waals surface area contributed by atoms with Gasteiger partial charge in [0, 0.05) is 23.6 Å². The van der Waals surface area contributed by atoms with Gasteiger partial charge in [0.1, 0.15) is 5.69 Å². The number of nitrogen functional groups attached to an aromatic ring is 1. The van der Waals surface area contributed by atoms with Gasteiger partial charge in [-0.25, -0.2) is 10.8 Å². The number of aromatic nitrogens is 2. The fourth-order valence-corrected chi connectivity index (χ4v) is 3.38. The van der Waals surface area contributed by atoms with Gasteiger partial charge in [0.15, 0.2) is 0 Å². The predicted octanol–water partition coefficient (Wildman–Crippen LogP) is 1.70. The van der Waals surface area contributed by atoms with E-state index in [1.54, 1.807) is 6.92 Å². The Morgan fingerprint density at radius 1 is 1.43 bits per heavy atom. The molecular weight excluding hydrogens is 292 g/mol. The molecule has 1 aliphatic rings. The average Bonchev–Trinajstić information content (AvgIpc) is 2.58. The lowest BCUT2D eigenvalue weighted by Crippen LogP contribution is -2.29. The molecule has 0 unspecified atom stereocenters. The fraction of sp³-hybridized carbons (Fsp3) is 0.667. The van der Waals surface area contributed by atoms with Crippen molar-refractivity contribution in [2.24, 2.45) is 5.84 Å². The largest absolute Gasteiger partial charge is 0.350 e. The lowest BCUT2D eigenvalue weighted by molar-refractivity contribution is -0.385. The number of anilines is 2. The molecule has 0 spiro atoms. The van der Waals surface area contributed by atoms with Crippen molar-refractivity contribution >= 4 is 29.2 Å². The zero-order valence-electron chi connectivity index (χ0n) is 12.4. The molecule has 1 saturated heterocycles. The van der Waals surface area contributed by atoms with Crippen LogP contribution in [0.5, 0.6) is 0 Å². The molecule has 1 aromatic heterocycles. The Kier molecular flexibility index (Phi) is 4.52. The maximum Gasteiger partial charge on any atom is 0.332 e. The number of nitrogens with zero attached hydrogens (tertiary/aromatic N) is 4. The standard InChI is InChI=1S/C12H20N6O2S/c1-8-9(18(19)20)10(15-11(14-8)16-13)17-5-4-12(2,3)21-7-6-17/h4-7,13H2,1-3H3,(H,14,15,16). The Hall–Kier alpha value is -1.61. The monoisotopic (exact) mass is 312 g/mol. The van der Waals surface area contributed by atoms with Crippen molar-refractivity contribution < 1.29 is 4.92 Å². The second-order valence-electron chi connectivity index (χ2n) is 5.55. The van der Waals surface area contributed by atoms with Gasteiger partial charge in [-0.1, -0.05) is 13.8 Å². The van der Waals surface area contributed by atoms with Gasteiger partial charge in [0.05, 0.1) is 4.92 Å². The third-order valence-corrected chi connectivity index (χ3v) is 4.86. The summed E-state index contributed by atoms with van der Waals surface area (Å²) in [6.45, 7) is 7.42. The van der Waals surface area contributed by atoms with Gasteiger partial charge in [0.2, 0.25) is 11.8 Å². The first-order valence-electron chi connectivity index (χ1n) is 6.72. The molecule has 2 heterocycles. The molecular formula is C12H20N6O2S. The number of nitrogens with two attached hydrogens (primary N) is 1. The summed E-state index contributed by atoms with van der Waals surface area (Å²) in [5.41, 5.74) is 2.64. The molecule has 0 aromatic carbocycles. The highest BCUT2D eigenvalue weighted by molar-refractivity contribution is 8.00. The number of rotatable bonds is 3. The van der Waals surface area contributed by atoms with Crippen LogP contribution in [0.4, 0.5) is 17.5 Å². The molecule has 1 aromatic rings. The van der Waals surface area contributed by atoms with Crippen molar-refractivity contribution in [3.8, 4) is 0 Å². The van der Waals surface area contributed by atoms with Crippen molar-refractivity contribution in [1.82, 2.24) is 9.97 Å². The number of hydrogen-bond acceptors (Lipinski definition) is 8. The minimum Gasteiger partial charge on any atom is -0.350 e. The first kappa shape index (κ1) is 15.8. The zero-order valence-corrected chi connectivity index (χ0v) is 13.2. The smallest absolute Gasteiger partial charge is 0.332 e. The van der Waals surface area contributed by atoms with Crippen LogP contribution in [0.2, 0.25) is 0 Å². The lowest BCUT2D eigenvalue weighted by Gasteiger charge is -2.23. The molecule has 0 radical (unpaired) electrons. The second-order valence-corrected chi connectivity index (χ2v) is 7.35. The number of hydrazine groups is 1. The molecule has 21 heavy (non-hydrogen) atoms. The molecule has 0 saturated carbocycles. The molecule has 8 nitrogen and oxygen atoms in total. The van der Waals surface area contributed by atoms with Crippen molar-refractivity contribution in [3.05, 3.63) is 15.8 Å². The van der Waals surface area contributed by atoms with Gasteiger partial charge in [-0.2, -0.15) is 16.7 Å². The lowest BCUT2D eigenvalue weighted by atomic mass is 10.1. The minimum absolute atomic E-state index is 0.0429. The summed E-state index contributed by atoms with van der Waals surface area (Å²) in [7, 11) is 0. The molecule has 0 atom stereocenters. The molecule has 0 bridgehead atoms. The van der Waals surface area contributed by atoms with E-state index in [1.807, 2.05) is 16.7 Å². The molecule has 2 rings (SSSR count). The van der Waals surface area contributed by atoms with E-state index in [1.165, 1.54) is 0 Å². The van der Waals surface area contributed by atoms with Crippen LogP contribution in [0.1, 0.15) is 26.0 Å². The summed E-state index contributed by atoms with van der Waals surface area (Å²) in [5.74, 6) is 6.80. The Labute approximate surface area is 127 Å². The van der Waals surface area contributed by atoms with Crippen molar-refractivity contribution in [2.45, 2.75) is 31.9 Å². The van der Waals surface area contributed by atoms with Gasteiger partial charge in [-0.3, -0.25) is 15.5 Å². The summed E-state index contributed by atoms with van der Waals surface area (Å²) < 4.78 is 0.167. The van der Waals surface area contributed by atoms with Crippen LogP contribution in [-0.2, 0) is 0 Å². The van der Waals surface area contributed by atoms with E-state index in [4.69, 9.17) is 5.84 Å². The molecule has 0 amide bonds. The summed E-state index contributed by atoms with van der Waals surface area (Å²) in [5, 5.41) is 11.3. The van der Waals surface area contributed by atoms with Crippen LogP contribution < -0.4 is 16.2 Å². The van der Waals surface area contributed by atoms with E-state index >= 15 is 0 Å². The van der Waals surface area contributed by atoms with Crippen molar-refractivity contribution in [1.29, 1.82) is 0 Å². The number of hydrogen-bond donors (Lipinski definition) is 2. The molecule has 3 N–H and O–H groups in total. The maximum absolute atomic E-state index is 11.3. The predicted molar refractivity (Wildman–Crippen MR) is 84.6 cm³/mol. The zero-order chi connectivity index (χ0) is 15.6. The number of thioether (sulfide) groups is 1. The van der Waals surface area contributed by atoms with Crippen LogP contribution in [0.3, 0.4) is 0 Å². The van der Waals surface area contributed by atoms with Gasteiger partial charge in [-0.15, -0.1) is 0 Å². The van der Waals surface area contributed by atoms with E-state index < -0.39 is 4.92 Å². The summed E-state index contributed by atoms with van der Waals surface area (Å²) in [4.78, 5) is 21.1. The van der Waals surface area contributed by atoms with Gasteiger partial charge in [-0.05, 0) is 13.3 Å². The highest BCUT2D eigenvalue weighted by atomic mass is 32.2.